The van der Waals surface area contributed by atoms with Crippen LogP contribution in [0.5, 0.6) is 0 Å². The van der Waals surface area contributed by atoms with Crippen LogP contribution in [0.1, 0.15) is 13.3 Å². The molecule has 1 aromatic heterocycles. The van der Waals surface area contributed by atoms with Gasteiger partial charge < -0.3 is 10.2 Å². The minimum atomic E-state index is -3.51. The van der Waals surface area contributed by atoms with Crippen LogP contribution in [0, 0.1) is 0 Å². The molecule has 102 valence electrons. The van der Waals surface area contributed by atoms with Crippen molar-refractivity contribution in [2.24, 2.45) is 5.84 Å². The minimum Gasteiger partial charge on any atom is -0.382 e. The van der Waals surface area contributed by atoms with Crippen molar-refractivity contribution in [2.45, 2.75) is 18.2 Å². The molecular formula is C10H18N4O3S. The number of nitrogens with zero attached hydrogens (tertiary/aromatic N) is 1. The number of hydrogen-bond donors (Lipinski definition) is 3. The number of nitrogen functional groups attached to an aromatic ring is 1. The molecule has 0 saturated carbocycles. The average molecular weight is 274 g/mol. The zero-order valence-electron chi connectivity index (χ0n) is 10.2. The van der Waals surface area contributed by atoms with Gasteiger partial charge in [-0.15, -0.1) is 0 Å². The van der Waals surface area contributed by atoms with Gasteiger partial charge in [0.2, 0.25) is 10.0 Å². The first kappa shape index (κ1) is 14.8. The number of aromatic nitrogens is 1. The van der Waals surface area contributed by atoms with E-state index in [9.17, 15) is 8.42 Å². The van der Waals surface area contributed by atoms with Crippen molar-refractivity contribution in [3.8, 4) is 0 Å². The van der Waals surface area contributed by atoms with E-state index >= 15 is 0 Å². The summed E-state index contributed by atoms with van der Waals surface area (Å²) in [5.74, 6) is 5.55. The second-order valence-corrected chi connectivity index (χ2v) is 5.24. The van der Waals surface area contributed by atoms with E-state index in [0.29, 0.717) is 32.0 Å². The summed E-state index contributed by atoms with van der Waals surface area (Å²) in [4.78, 5) is 3.95. The van der Waals surface area contributed by atoms with Crippen molar-refractivity contribution >= 4 is 15.8 Å². The fourth-order valence-corrected chi connectivity index (χ4v) is 2.25. The van der Waals surface area contributed by atoms with Crippen LogP contribution in [-0.2, 0) is 14.8 Å². The summed E-state index contributed by atoms with van der Waals surface area (Å²) in [6, 6.07) is 2.93. The molecular weight excluding hydrogens is 256 g/mol. The lowest BCUT2D eigenvalue weighted by atomic mass is 10.5. The van der Waals surface area contributed by atoms with E-state index in [1.54, 1.807) is 0 Å². The minimum absolute atomic E-state index is 0.109. The van der Waals surface area contributed by atoms with Crippen LogP contribution >= 0.6 is 0 Å². The maximum atomic E-state index is 11.8. The van der Waals surface area contributed by atoms with Gasteiger partial charge in [-0.25, -0.2) is 24.0 Å². The SMILES string of the molecule is CCOCCCNS(=O)(=O)c1ccc(NN)nc1. The first-order chi connectivity index (χ1) is 8.60. The standard InChI is InChI=1S/C10H18N4O3S/c1-2-17-7-3-6-13-18(15,16)9-4-5-10(14-11)12-8-9/h4-5,8,13H,2-3,6-7,11H2,1H3,(H,12,14). The highest BCUT2D eigenvalue weighted by atomic mass is 32.2. The molecule has 0 spiro atoms. The molecule has 1 aromatic rings. The van der Waals surface area contributed by atoms with Crippen LogP contribution in [0.15, 0.2) is 23.2 Å². The molecule has 7 nitrogen and oxygen atoms in total. The lowest BCUT2D eigenvalue weighted by Crippen LogP contribution is -2.25. The van der Waals surface area contributed by atoms with Crippen LogP contribution in [0.2, 0.25) is 0 Å². The fraction of sp³-hybridized carbons (Fsp3) is 0.500. The maximum absolute atomic E-state index is 11.8. The normalized spacial score (nSPS) is 11.4. The van der Waals surface area contributed by atoms with Crippen LogP contribution in [0.4, 0.5) is 5.82 Å². The Morgan fingerprint density at radius 2 is 2.22 bits per heavy atom. The van der Waals surface area contributed by atoms with E-state index < -0.39 is 10.0 Å². The van der Waals surface area contributed by atoms with Gasteiger partial charge >= 0.3 is 0 Å². The Hall–Kier alpha value is -1.22. The molecule has 18 heavy (non-hydrogen) atoms. The zero-order valence-corrected chi connectivity index (χ0v) is 11.0. The van der Waals surface area contributed by atoms with Gasteiger partial charge in [0, 0.05) is 26.0 Å². The van der Waals surface area contributed by atoms with Crippen molar-refractivity contribution < 1.29 is 13.2 Å². The number of hydrogen-bond acceptors (Lipinski definition) is 6. The summed E-state index contributed by atoms with van der Waals surface area (Å²) in [6.45, 7) is 3.39. The molecule has 0 aliphatic rings. The second kappa shape index (κ2) is 7.27. The Bertz CT molecular complexity index is 447. The first-order valence-electron chi connectivity index (χ1n) is 5.60. The monoisotopic (exact) mass is 274 g/mol. The smallest absolute Gasteiger partial charge is 0.242 e. The van der Waals surface area contributed by atoms with Crippen molar-refractivity contribution in [3.63, 3.8) is 0 Å². The maximum Gasteiger partial charge on any atom is 0.242 e. The number of sulfonamides is 1. The van der Waals surface area contributed by atoms with Crippen LogP contribution in [0.3, 0.4) is 0 Å². The molecule has 0 amide bonds. The highest BCUT2D eigenvalue weighted by molar-refractivity contribution is 7.89. The number of anilines is 1. The molecule has 0 aliphatic heterocycles. The Balaban J connectivity index is 2.51. The average Bonchev–Trinajstić information content (AvgIpc) is 2.38. The third kappa shape index (κ3) is 4.57. The number of hydrazine groups is 1. The Labute approximate surface area is 107 Å². The molecule has 0 fully saturated rings. The molecule has 1 rings (SSSR count). The third-order valence-electron chi connectivity index (χ3n) is 2.16. The molecule has 0 bridgehead atoms. The first-order valence-corrected chi connectivity index (χ1v) is 7.08. The van der Waals surface area contributed by atoms with Gasteiger partial charge in [-0.1, -0.05) is 0 Å². The molecule has 1 heterocycles. The van der Waals surface area contributed by atoms with E-state index in [0.717, 1.165) is 0 Å². The van der Waals surface area contributed by atoms with E-state index in [2.05, 4.69) is 15.1 Å². The predicted molar refractivity (Wildman–Crippen MR) is 68.3 cm³/mol. The molecule has 0 aromatic carbocycles. The van der Waals surface area contributed by atoms with E-state index in [1.165, 1.54) is 18.3 Å². The number of ether oxygens (including phenoxy) is 1. The molecule has 8 heteroatoms. The van der Waals surface area contributed by atoms with Gasteiger partial charge in [0.05, 0.1) is 0 Å². The largest absolute Gasteiger partial charge is 0.382 e. The summed E-state index contributed by atoms with van der Waals surface area (Å²) in [5, 5.41) is 0. The Kier molecular flexibility index (Phi) is 5.99. The fourth-order valence-electron chi connectivity index (χ4n) is 1.23. The summed E-state index contributed by atoms with van der Waals surface area (Å²) >= 11 is 0. The summed E-state index contributed by atoms with van der Waals surface area (Å²) in [7, 11) is -3.51. The van der Waals surface area contributed by atoms with Crippen molar-refractivity contribution in [1.29, 1.82) is 0 Å². The van der Waals surface area contributed by atoms with Gasteiger partial charge in [0.25, 0.3) is 0 Å². The molecule has 4 N–H and O–H groups in total. The molecule has 0 atom stereocenters. The van der Waals surface area contributed by atoms with Crippen molar-refractivity contribution in [2.75, 3.05) is 25.2 Å². The van der Waals surface area contributed by atoms with Crippen LogP contribution in [-0.4, -0.2) is 33.2 Å². The summed E-state index contributed by atoms with van der Waals surface area (Å²) < 4.78 is 31.2. The van der Waals surface area contributed by atoms with Crippen LogP contribution in [0.25, 0.3) is 0 Å². The molecule has 0 saturated heterocycles. The summed E-state index contributed by atoms with van der Waals surface area (Å²) in [5.41, 5.74) is 2.33. The predicted octanol–water partition coefficient (Wildman–Crippen LogP) is 0.0721. The number of pyridine rings is 1. The van der Waals surface area contributed by atoms with E-state index in [1.807, 2.05) is 6.92 Å². The van der Waals surface area contributed by atoms with Gasteiger partial charge in [-0.2, -0.15) is 0 Å². The molecule has 0 aliphatic carbocycles. The van der Waals surface area contributed by atoms with Crippen molar-refractivity contribution in [1.82, 2.24) is 9.71 Å². The van der Waals surface area contributed by atoms with Gasteiger partial charge in [-0.05, 0) is 25.5 Å². The third-order valence-corrected chi connectivity index (χ3v) is 3.60. The zero-order chi connectivity index (χ0) is 13.4. The number of rotatable bonds is 8. The van der Waals surface area contributed by atoms with Gasteiger partial charge in [-0.3, -0.25) is 0 Å². The molecule has 0 radical (unpaired) electrons. The Morgan fingerprint density at radius 3 is 2.78 bits per heavy atom. The van der Waals surface area contributed by atoms with Gasteiger partial charge in [0.1, 0.15) is 10.7 Å². The lowest BCUT2D eigenvalue weighted by molar-refractivity contribution is 0.146. The highest BCUT2D eigenvalue weighted by Crippen LogP contribution is 2.09. The molecule has 0 unspecified atom stereocenters. The van der Waals surface area contributed by atoms with Crippen LogP contribution < -0.4 is 16.0 Å². The topological polar surface area (TPSA) is 106 Å². The number of nitrogens with two attached hydrogens (primary N) is 1. The Morgan fingerprint density at radius 1 is 1.44 bits per heavy atom. The summed E-state index contributed by atoms with van der Waals surface area (Å²) in [6.07, 6.45) is 1.88. The van der Waals surface area contributed by atoms with Crippen molar-refractivity contribution in [3.05, 3.63) is 18.3 Å². The van der Waals surface area contributed by atoms with E-state index in [4.69, 9.17) is 10.6 Å². The number of nitrogens with one attached hydrogen (secondary N) is 2. The lowest BCUT2D eigenvalue weighted by Gasteiger charge is -2.07. The highest BCUT2D eigenvalue weighted by Gasteiger charge is 2.13. The van der Waals surface area contributed by atoms with E-state index in [-0.39, 0.29) is 4.90 Å². The quantitative estimate of drug-likeness (QED) is 0.352. The van der Waals surface area contributed by atoms with Gasteiger partial charge in [0.15, 0.2) is 0 Å². The second-order valence-electron chi connectivity index (χ2n) is 3.47.